The molecule has 0 amide bonds. The molecule has 5 nitrogen and oxygen atoms in total. The van der Waals surface area contributed by atoms with Gasteiger partial charge in [-0.3, -0.25) is 0 Å². The zero-order valence-electron chi connectivity index (χ0n) is 13.1. The quantitative estimate of drug-likeness (QED) is 0.592. The van der Waals surface area contributed by atoms with Crippen LogP contribution in [0.4, 0.5) is 11.6 Å². The van der Waals surface area contributed by atoms with Crippen LogP contribution < -0.4 is 16.2 Å². The van der Waals surface area contributed by atoms with Crippen molar-refractivity contribution in [3.63, 3.8) is 0 Å². The van der Waals surface area contributed by atoms with E-state index in [-0.39, 0.29) is 0 Å². The summed E-state index contributed by atoms with van der Waals surface area (Å²) in [4.78, 5) is 11.8. The molecule has 1 aliphatic carbocycles. The molecule has 112 valence electrons. The summed E-state index contributed by atoms with van der Waals surface area (Å²) < 4.78 is 0. The first kappa shape index (κ1) is 15.0. The maximum atomic E-state index is 5.62. The Balaban J connectivity index is 2.38. The van der Waals surface area contributed by atoms with Crippen molar-refractivity contribution in [3.8, 4) is 0 Å². The first-order chi connectivity index (χ1) is 9.58. The molecule has 1 saturated carbocycles. The molecule has 0 unspecified atom stereocenters. The van der Waals surface area contributed by atoms with Gasteiger partial charge in [-0.25, -0.2) is 15.8 Å². The average Bonchev–Trinajstić information content (AvgIpc) is 3.25. The molecule has 2 rings (SSSR count). The molecule has 0 spiro atoms. The Bertz CT molecular complexity index is 454. The van der Waals surface area contributed by atoms with Gasteiger partial charge in [-0.2, -0.15) is 0 Å². The molecular formula is C15H27N5. The smallest absolute Gasteiger partial charge is 0.148 e. The predicted molar refractivity (Wildman–Crippen MR) is 83.9 cm³/mol. The maximum Gasteiger partial charge on any atom is 0.148 e. The van der Waals surface area contributed by atoms with Gasteiger partial charge in [0.2, 0.25) is 0 Å². The van der Waals surface area contributed by atoms with E-state index < -0.39 is 0 Å². The van der Waals surface area contributed by atoms with E-state index in [4.69, 9.17) is 10.8 Å². The zero-order chi connectivity index (χ0) is 14.7. The Morgan fingerprint density at radius 2 is 2.05 bits per heavy atom. The molecule has 1 heterocycles. The Morgan fingerprint density at radius 1 is 1.35 bits per heavy atom. The number of unbranched alkanes of at least 4 members (excludes halogenated alkanes) is 1. The number of nitrogens with one attached hydrogen (secondary N) is 1. The highest BCUT2D eigenvalue weighted by Crippen LogP contribution is 2.34. The third-order valence-corrected chi connectivity index (χ3v) is 3.80. The molecule has 1 aromatic heterocycles. The number of anilines is 2. The Kier molecular flexibility index (Phi) is 4.81. The van der Waals surface area contributed by atoms with Gasteiger partial charge < -0.3 is 10.3 Å². The van der Waals surface area contributed by atoms with Gasteiger partial charge in [0, 0.05) is 24.1 Å². The first-order valence-electron chi connectivity index (χ1n) is 7.70. The van der Waals surface area contributed by atoms with Gasteiger partial charge in [0.05, 0.1) is 0 Å². The summed E-state index contributed by atoms with van der Waals surface area (Å²) >= 11 is 0. The van der Waals surface area contributed by atoms with E-state index in [1.54, 1.807) is 0 Å². The Morgan fingerprint density at radius 3 is 2.55 bits per heavy atom. The minimum atomic E-state index is 0.300. The highest BCUT2D eigenvalue weighted by molar-refractivity contribution is 5.59. The van der Waals surface area contributed by atoms with Crippen LogP contribution in [0.3, 0.4) is 0 Å². The van der Waals surface area contributed by atoms with Crippen molar-refractivity contribution in [1.29, 1.82) is 0 Å². The lowest BCUT2D eigenvalue weighted by molar-refractivity contribution is 0.689. The lowest BCUT2D eigenvalue weighted by atomic mass is 10.2. The van der Waals surface area contributed by atoms with Crippen LogP contribution in [0.25, 0.3) is 0 Å². The van der Waals surface area contributed by atoms with Gasteiger partial charge in [-0.15, -0.1) is 0 Å². The van der Waals surface area contributed by atoms with Gasteiger partial charge in [0.15, 0.2) is 0 Å². The van der Waals surface area contributed by atoms with Crippen LogP contribution in [0.15, 0.2) is 0 Å². The summed E-state index contributed by atoms with van der Waals surface area (Å²) in [5.74, 6) is 8.60. The van der Waals surface area contributed by atoms with E-state index in [0.717, 1.165) is 29.6 Å². The molecule has 1 aromatic rings. The number of nitrogens with zero attached hydrogens (tertiary/aromatic N) is 3. The second kappa shape index (κ2) is 6.39. The third kappa shape index (κ3) is 3.20. The lowest BCUT2D eigenvalue weighted by Crippen LogP contribution is -2.30. The topological polar surface area (TPSA) is 67.1 Å². The van der Waals surface area contributed by atoms with E-state index >= 15 is 0 Å². The van der Waals surface area contributed by atoms with Crippen molar-refractivity contribution >= 4 is 11.6 Å². The molecule has 3 N–H and O–H groups in total. The number of hydrogen-bond acceptors (Lipinski definition) is 5. The first-order valence-corrected chi connectivity index (χ1v) is 7.70. The van der Waals surface area contributed by atoms with Crippen LogP contribution >= 0.6 is 0 Å². The molecule has 0 atom stereocenters. The van der Waals surface area contributed by atoms with E-state index in [0.29, 0.717) is 12.0 Å². The molecule has 0 saturated heterocycles. The summed E-state index contributed by atoms with van der Waals surface area (Å²) in [7, 11) is 0. The fraction of sp³-hybridized carbons (Fsp3) is 0.733. The molecule has 0 bridgehead atoms. The maximum absolute atomic E-state index is 5.62. The van der Waals surface area contributed by atoms with Gasteiger partial charge in [-0.1, -0.05) is 27.2 Å². The van der Waals surface area contributed by atoms with Crippen molar-refractivity contribution in [1.82, 2.24) is 9.97 Å². The predicted octanol–water partition coefficient (Wildman–Crippen LogP) is 2.96. The summed E-state index contributed by atoms with van der Waals surface area (Å²) in [6, 6.07) is 0.654. The van der Waals surface area contributed by atoms with Crippen LogP contribution in [-0.4, -0.2) is 22.6 Å². The lowest BCUT2D eigenvalue weighted by Gasteiger charge is -2.26. The minimum Gasteiger partial charge on any atom is -0.353 e. The van der Waals surface area contributed by atoms with Crippen molar-refractivity contribution in [2.24, 2.45) is 5.84 Å². The number of nitrogen functional groups attached to an aromatic ring is 1. The number of rotatable bonds is 7. The summed E-state index contributed by atoms with van der Waals surface area (Å²) in [5.41, 5.74) is 3.78. The molecule has 0 aliphatic heterocycles. The fourth-order valence-electron chi connectivity index (χ4n) is 2.38. The largest absolute Gasteiger partial charge is 0.353 e. The van der Waals surface area contributed by atoms with Crippen LogP contribution in [0.1, 0.15) is 63.8 Å². The van der Waals surface area contributed by atoms with E-state index in [1.807, 2.05) is 0 Å². The van der Waals surface area contributed by atoms with Crippen LogP contribution in [-0.2, 0) is 0 Å². The summed E-state index contributed by atoms with van der Waals surface area (Å²) in [6.07, 6.45) is 4.94. The van der Waals surface area contributed by atoms with Crippen LogP contribution in [0.2, 0.25) is 0 Å². The van der Waals surface area contributed by atoms with Crippen LogP contribution in [0, 0.1) is 6.92 Å². The van der Waals surface area contributed by atoms with E-state index in [9.17, 15) is 0 Å². The molecule has 5 heteroatoms. The van der Waals surface area contributed by atoms with E-state index in [2.05, 4.69) is 43.0 Å². The number of hydrogen-bond donors (Lipinski definition) is 2. The van der Waals surface area contributed by atoms with Gasteiger partial charge in [0.1, 0.15) is 17.5 Å². The van der Waals surface area contributed by atoms with Crippen molar-refractivity contribution in [2.75, 3.05) is 16.9 Å². The van der Waals surface area contributed by atoms with Gasteiger partial charge in [0.25, 0.3) is 0 Å². The van der Waals surface area contributed by atoms with Crippen molar-refractivity contribution in [2.45, 2.75) is 65.3 Å². The monoisotopic (exact) mass is 277 g/mol. The van der Waals surface area contributed by atoms with Crippen molar-refractivity contribution in [3.05, 3.63) is 11.4 Å². The molecule has 0 radical (unpaired) electrons. The number of aromatic nitrogens is 2. The SMILES string of the molecule is CCCCN(c1nc(C(C)C)nc(NN)c1C)C1CC1. The number of hydrazine groups is 1. The van der Waals surface area contributed by atoms with Gasteiger partial charge in [-0.05, 0) is 26.2 Å². The molecule has 0 aromatic carbocycles. The molecule has 1 aliphatic rings. The zero-order valence-corrected chi connectivity index (χ0v) is 13.1. The van der Waals surface area contributed by atoms with Crippen LogP contribution in [0.5, 0.6) is 0 Å². The summed E-state index contributed by atoms with van der Waals surface area (Å²) in [6.45, 7) is 9.57. The molecule has 1 fully saturated rings. The molecule has 20 heavy (non-hydrogen) atoms. The Hall–Kier alpha value is -1.36. The second-order valence-electron chi connectivity index (χ2n) is 5.96. The minimum absolute atomic E-state index is 0.300. The Labute approximate surface area is 121 Å². The van der Waals surface area contributed by atoms with E-state index in [1.165, 1.54) is 25.7 Å². The second-order valence-corrected chi connectivity index (χ2v) is 5.96. The highest BCUT2D eigenvalue weighted by Gasteiger charge is 2.31. The fourth-order valence-corrected chi connectivity index (χ4v) is 2.38. The van der Waals surface area contributed by atoms with Crippen molar-refractivity contribution < 1.29 is 0 Å². The normalized spacial score (nSPS) is 14.7. The highest BCUT2D eigenvalue weighted by atomic mass is 15.3. The molecular weight excluding hydrogens is 250 g/mol. The average molecular weight is 277 g/mol. The third-order valence-electron chi connectivity index (χ3n) is 3.80. The standard InChI is InChI=1S/C15H27N5/c1-5-6-9-20(12-7-8-12)15-11(4)14(19-16)17-13(18-15)10(2)3/h10,12H,5-9,16H2,1-4H3,(H,17,18,19). The summed E-state index contributed by atoms with van der Waals surface area (Å²) in [5, 5.41) is 0. The number of nitrogens with two attached hydrogens (primary N) is 1. The van der Waals surface area contributed by atoms with Gasteiger partial charge >= 0.3 is 0 Å².